The number of morpholine rings is 1. The normalized spacial score (nSPS) is 14.3. The number of amides is 1. The van der Waals surface area contributed by atoms with Gasteiger partial charge in [-0.05, 0) is 6.07 Å². The largest absolute Gasteiger partial charge is 1.00 e. The number of methoxy groups -OCH3 is 2. The third-order valence-electron chi connectivity index (χ3n) is 4.91. The maximum Gasteiger partial charge on any atom is 0.265 e. The first-order chi connectivity index (χ1) is 13.5. The Labute approximate surface area is 174 Å². The molecule has 10 heteroatoms. The van der Waals surface area contributed by atoms with Gasteiger partial charge in [0.25, 0.3) is 11.5 Å². The van der Waals surface area contributed by atoms with Crippen LogP contribution in [0.25, 0.3) is 10.9 Å². The van der Waals surface area contributed by atoms with Crippen LogP contribution >= 0.6 is 0 Å². The van der Waals surface area contributed by atoms with Crippen molar-refractivity contribution in [2.75, 3.05) is 53.6 Å². The van der Waals surface area contributed by atoms with Gasteiger partial charge in [-0.1, -0.05) is 0 Å². The summed E-state index contributed by atoms with van der Waals surface area (Å²) in [6, 6.07) is 3.07. The molecule has 0 spiro atoms. The van der Waals surface area contributed by atoms with Gasteiger partial charge in [-0.3, -0.25) is 9.59 Å². The van der Waals surface area contributed by atoms with Crippen molar-refractivity contribution >= 4 is 16.8 Å². The first kappa shape index (κ1) is 22.8. The molecule has 1 aliphatic rings. The Morgan fingerprint density at radius 1 is 1.24 bits per heavy atom. The number of quaternary nitrogens is 1. The van der Waals surface area contributed by atoms with E-state index in [-0.39, 0.29) is 23.7 Å². The number of pyridine rings is 1. The molecule has 160 valence electrons. The Morgan fingerprint density at radius 2 is 1.90 bits per heavy atom. The number of halogens is 1. The molecule has 2 aromatic rings. The van der Waals surface area contributed by atoms with Gasteiger partial charge in [-0.15, -0.1) is 0 Å². The highest BCUT2D eigenvalue weighted by Gasteiger charge is 2.21. The first-order valence-electron chi connectivity index (χ1n) is 9.25. The summed E-state index contributed by atoms with van der Waals surface area (Å²) in [5, 5.41) is 13.6. The first-order valence-corrected chi connectivity index (χ1v) is 9.25. The Kier molecular flexibility index (Phi) is 8.12. The summed E-state index contributed by atoms with van der Waals surface area (Å²) in [7, 11) is 2.94. The van der Waals surface area contributed by atoms with Gasteiger partial charge in [0.2, 0.25) is 0 Å². The minimum atomic E-state index is -0.659. The number of aromatic amines is 1. The van der Waals surface area contributed by atoms with Crippen LogP contribution in [0.5, 0.6) is 17.2 Å². The molecule has 3 rings (SSSR count). The zero-order valence-electron chi connectivity index (χ0n) is 16.5. The van der Waals surface area contributed by atoms with E-state index in [1.807, 2.05) is 0 Å². The molecule has 1 saturated heterocycles. The number of fused-ring (bicyclic) bond motifs is 1. The monoisotopic (exact) mass is 427 g/mol. The summed E-state index contributed by atoms with van der Waals surface area (Å²) < 4.78 is 15.7. The Balaban J connectivity index is 0.00000300. The van der Waals surface area contributed by atoms with Crippen molar-refractivity contribution in [3.05, 3.63) is 28.0 Å². The highest BCUT2D eigenvalue weighted by molar-refractivity contribution is 6.02. The predicted molar refractivity (Wildman–Crippen MR) is 103 cm³/mol. The van der Waals surface area contributed by atoms with Crippen LogP contribution in [0.4, 0.5) is 0 Å². The molecule has 0 aliphatic carbocycles. The van der Waals surface area contributed by atoms with E-state index in [0.717, 1.165) is 39.3 Å². The van der Waals surface area contributed by atoms with Gasteiger partial charge in [0.1, 0.15) is 24.4 Å². The number of hydrogen-bond donors (Lipinski definition) is 4. The van der Waals surface area contributed by atoms with Gasteiger partial charge < -0.3 is 46.9 Å². The molecule has 9 nitrogen and oxygen atoms in total. The van der Waals surface area contributed by atoms with Crippen molar-refractivity contribution in [1.82, 2.24) is 10.3 Å². The van der Waals surface area contributed by atoms with Crippen LogP contribution in [0, 0.1) is 0 Å². The molecule has 0 radical (unpaired) electrons. The second-order valence-corrected chi connectivity index (χ2v) is 6.65. The van der Waals surface area contributed by atoms with Crippen LogP contribution in [0.3, 0.4) is 0 Å². The van der Waals surface area contributed by atoms with E-state index in [4.69, 9.17) is 14.2 Å². The summed E-state index contributed by atoms with van der Waals surface area (Å²) in [5.74, 6) is -0.187. The molecule has 29 heavy (non-hydrogen) atoms. The number of rotatable bonds is 7. The average molecular weight is 428 g/mol. The molecule has 0 bridgehead atoms. The van der Waals surface area contributed by atoms with Crippen molar-refractivity contribution in [2.24, 2.45) is 0 Å². The van der Waals surface area contributed by atoms with E-state index < -0.39 is 11.5 Å². The second-order valence-electron chi connectivity index (χ2n) is 6.65. The number of H-pyrrole nitrogens is 1. The number of nitrogens with one attached hydrogen (secondary N) is 3. The molecule has 1 aliphatic heterocycles. The van der Waals surface area contributed by atoms with E-state index in [1.165, 1.54) is 25.2 Å². The molecule has 1 fully saturated rings. The van der Waals surface area contributed by atoms with Crippen molar-refractivity contribution in [1.29, 1.82) is 0 Å². The lowest BCUT2D eigenvalue weighted by molar-refractivity contribution is -0.908. The smallest absolute Gasteiger partial charge is 0.265 e. The molecule has 1 amide bonds. The fourth-order valence-corrected chi connectivity index (χ4v) is 3.35. The standard InChI is InChI=1S/C19H25N3O6.ClH/c1-26-14-10-12-13(11-15(14)27-2)21-19(25)16(17(12)23)18(24)20-4-3-5-22-6-8-28-9-7-22;/h10-11H,3-9H2,1-2H3,(H,20,24)(H2,21,23,25);1H. The van der Waals surface area contributed by atoms with Gasteiger partial charge in [0.15, 0.2) is 11.5 Å². The zero-order chi connectivity index (χ0) is 20.1. The van der Waals surface area contributed by atoms with E-state index >= 15 is 0 Å². The topological polar surface area (TPSA) is 114 Å². The predicted octanol–water partition coefficient (Wildman–Crippen LogP) is -3.71. The summed E-state index contributed by atoms with van der Waals surface area (Å²) in [6.07, 6.45) is 0.776. The van der Waals surface area contributed by atoms with Gasteiger partial charge in [-0.2, -0.15) is 0 Å². The fraction of sp³-hybridized carbons (Fsp3) is 0.474. The third-order valence-corrected chi connectivity index (χ3v) is 4.91. The van der Waals surface area contributed by atoms with Crippen molar-refractivity contribution in [3.63, 3.8) is 0 Å². The number of carbonyl (C=O) groups is 1. The number of benzene rings is 1. The second kappa shape index (κ2) is 10.3. The van der Waals surface area contributed by atoms with E-state index in [2.05, 4.69) is 10.3 Å². The van der Waals surface area contributed by atoms with E-state index in [0.29, 0.717) is 28.9 Å². The quantitative estimate of drug-likeness (QED) is 0.338. The Bertz CT molecular complexity index is 911. The summed E-state index contributed by atoms with van der Waals surface area (Å²) in [5.41, 5.74) is -0.611. The van der Waals surface area contributed by atoms with Crippen molar-refractivity contribution in [2.45, 2.75) is 6.42 Å². The summed E-state index contributed by atoms with van der Waals surface area (Å²) in [6.45, 7) is 4.79. The number of ether oxygens (including phenoxy) is 3. The number of carbonyl (C=O) groups excluding carboxylic acids is 1. The molecule has 4 N–H and O–H groups in total. The van der Waals surface area contributed by atoms with Crippen molar-refractivity contribution in [3.8, 4) is 17.2 Å². The molecular formula is C19H26ClN3O6. The zero-order valence-corrected chi connectivity index (χ0v) is 17.2. The minimum Gasteiger partial charge on any atom is -1.00 e. The molecule has 2 heterocycles. The Morgan fingerprint density at radius 3 is 2.55 bits per heavy atom. The van der Waals surface area contributed by atoms with Crippen LogP contribution < -0.4 is 37.7 Å². The highest BCUT2D eigenvalue weighted by Crippen LogP contribution is 2.35. The number of aromatic nitrogens is 1. The fourth-order valence-electron chi connectivity index (χ4n) is 3.35. The summed E-state index contributed by atoms with van der Waals surface area (Å²) >= 11 is 0. The Hall–Kier alpha value is -2.49. The number of hydrogen-bond acceptors (Lipinski definition) is 6. The lowest BCUT2D eigenvalue weighted by atomic mass is 10.1. The van der Waals surface area contributed by atoms with Crippen LogP contribution in [0.2, 0.25) is 0 Å². The van der Waals surface area contributed by atoms with Crippen molar-refractivity contribution < 1.29 is 41.4 Å². The lowest BCUT2D eigenvalue weighted by Gasteiger charge is -2.23. The molecule has 1 aromatic heterocycles. The highest BCUT2D eigenvalue weighted by atomic mass is 35.5. The molecule has 0 saturated carbocycles. The maximum absolute atomic E-state index is 12.5. The van der Waals surface area contributed by atoms with E-state index in [9.17, 15) is 14.7 Å². The van der Waals surface area contributed by atoms with Crippen LogP contribution in [-0.2, 0) is 4.74 Å². The van der Waals surface area contributed by atoms with Gasteiger partial charge in [-0.25, -0.2) is 0 Å². The third kappa shape index (κ3) is 5.11. The maximum atomic E-state index is 12.5. The summed E-state index contributed by atoms with van der Waals surface area (Å²) in [4.78, 5) is 28.9. The average Bonchev–Trinajstić information content (AvgIpc) is 2.71. The molecule has 0 unspecified atom stereocenters. The molecule has 1 aromatic carbocycles. The SMILES string of the molecule is COc1cc2[nH]c(=O)c(C(=O)NCCC[NH+]3CCOCC3)c(O)c2cc1OC.[Cl-]. The lowest BCUT2D eigenvalue weighted by Crippen LogP contribution is -3.14. The van der Waals surface area contributed by atoms with Gasteiger partial charge in [0.05, 0.1) is 39.5 Å². The van der Waals surface area contributed by atoms with Crippen LogP contribution in [0.1, 0.15) is 16.8 Å². The van der Waals surface area contributed by atoms with Gasteiger partial charge >= 0.3 is 0 Å². The van der Waals surface area contributed by atoms with Crippen LogP contribution in [0.15, 0.2) is 16.9 Å². The number of aromatic hydroxyl groups is 1. The molecular weight excluding hydrogens is 402 g/mol. The molecule has 0 atom stereocenters. The van der Waals surface area contributed by atoms with Gasteiger partial charge in [0, 0.05) is 24.4 Å². The minimum absolute atomic E-state index is 0. The van der Waals surface area contributed by atoms with Crippen LogP contribution in [-0.4, -0.2) is 69.6 Å². The van der Waals surface area contributed by atoms with E-state index in [1.54, 1.807) is 6.07 Å².